The average molecular weight is 211 g/mol. The van der Waals surface area contributed by atoms with Crippen LogP contribution in [0, 0.1) is 5.82 Å². The molecule has 0 aliphatic heterocycles. The normalized spacial score (nSPS) is 12.7. The number of rotatable bonds is 5. The minimum absolute atomic E-state index is 0.0211. The maximum atomic E-state index is 13.0. The Morgan fingerprint density at radius 1 is 1.47 bits per heavy atom. The molecule has 1 aromatic rings. The van der Waals surface area contributed by atoms with Crippen molar-refractivity contribution in [2.75, 3.05) is 6.54 Å². The maximum Gasteiger partial charge on any atom is 0.123 e. The summed E-state index contributed by atoms with van der Waals surface area (Å²) >= 11 is 0. The fourth-order valence-corrected chi connectivity index (χ4v) is 1.48. The van der Waals surface area contributed by atoms with E-state index >= 15 is 0 Å². The minimum atomic E-state index is -0.313. The van der Waals surface area contributed by atoms with Crippen LogP contribution in [0.5, 0.6) is 5.75 Å². The molecule has 15 heavy (non-hydrogen) atoms. The Morgan fingerprint density at radius 2 is 2.20 bits per heavy atom. The highest BCUT2D eigenvalue weighted by Gasteiger charge is 2.10. The number of hydrogen-bond donors (Lipinski definition) is 2. The fraction of sp³-hybridized carbons (Fsp3) is 0.500. The number of phenols is 1. The zero-order valence-electron chi connectivity index (χ0n) is 9.26. The molecule has 0 heterocycles. The molecule has 0 saturated carbocycles. The van der Waals surface area contributed by atoms with Crippen LogP contribution in [-0.4, -0.2) is 11.7 Å². The van der Waals surface area contributed by atoms with Gasteiger partial charge in [0.2, 0.25) is 0 Å². The Bertz CT molecular complexity index is 314. The van der Waals surface area contributed by atoms with E-state index in [1.54, 1.807) is 0 Å². The van der Waals surface area contributed by atoms with Gasteiger partial charge in [-0.1, -0.05) is 13.3 Å². The second-order valence-electron chi connectivity index (χ2n) is 3.73. The van der Waals surface area contributed by atoms with Crippen molar-refractivity contribution in [2.45, 2.75) is 32.7 Å². The molecule has 0 fully saturated rings. The van der Waals surface area contributed by atoms with Crippen molar-refractivity contribution in [2.24, 2.45) is 0 Å². The third-order valence-electron chi connectivity index (χ3n) is 2.44. The smallest absolute Gasteiger partial charge is 0.123 e. The summed E-state index contributed by atoms with van der Waals surface area (Å²) in [6.07, 6.45) is 2.20. The molecule has 0 unspecified atom stereocenters. The van der Waals surface area contributed by atoms with E-state index in [2.05, 4.69) is 12.2 Å². The molecular weight excluding hydrogens is 193 g/mol. The van der Waals surface area contributed by atoms with Gasteiger partial charge in [-0.2, -0.15) is 0 Å². The van der Waals surface area contributed by atoms with Crippen molar-refractivity contribution in [1.82, 2.24) is 5.32 Å². The summed E-state index contributed by atoms with van der Waals surface area (Å²) in [5.41, 5.74) is 0.617. The summed E-state index contributed by atoms with van der Waals surface area (Å²) in [5.74, 6) is -0.167. The van der Waals surface area contributed by atoms with Crippen molar-refractivity contribution >= 4 is 0 Å². The van der Waals surface area contributed by atoms with Gasteiger partial charge in [0.1, 0.15) is 11.6 Å². The molecular formula is C12H18FNO. The first kappa shape index (κ1) is 12.0. The summed E-state index contributed by atoms with van der Waals surface area (Å²) in [4.78, 5) is 0. The average Bonchev–Trinajstić information content (AvgIpc) is 2.22. The predicted molar refractivity (Wildman–Crippen MR) is 59.4 cm³/mol. The highest BCUT2D eigenvalue weighted by molar-refractivity contribution is 5.34. The highest BCUT2D eigenvalue weighted by atomic mass is 19.1. The molecule has 0 amide bonds. The first-order valence-electron chi connectivity index (χ1n) is 5.37. The van der Waals surface area contributed by atoms with Crippen molar-refractivity contribution in [1.29, 1.82) is 0 Å². The quantitative estimate of drug-likeness (QED) is 0.734. The lowest BCUT2D eigenvalue weighted by Crippen LogP contribution is -2.19. The molecule has 2 nitrogen and oxygen atoms in total. The van der Waals surface area contributed by atoms with Gasteiger partial charge in [-0.15, -0.1) is 0 Å². The molecule has 0 aliphatic rings. The Hall–Kier alpha value is -1.09. The van der Waals surface area contributed by atoms with Crippen LogP contribution < -0.4 is 5.32 Å². The monoisotopic (exact) mass is 211 g/mol. The molecule has 0 saturated heterocycles. The van der Waals surface area contributed by atoms with E-state index in [0.717, 1.165) is 19.4 Å². The van der Waals surface area contributed by atoms with Crippen LogP contribution in [0.4, 0.5) is 4.39 Å². The van der Waals surface area contributed by atoms with Crippen LogP contribution in [0.25, 0.3) is 0 Å². The number of phenolic OH excluding ortho intramolecular Hbond substituents is 1. The van der Waals surface area contributed by atoms with Gasteiger partial charge >= 0.3 is 0 Å². The molecule has 1 atom stereocenters. The molecule has 3 heteroatoms. The van der Waals surface area contributed by atoms with E-state index in [1.807, 2.05) is 6.92 Å². The zero-order valence-corrected chi connectivity index (χ0v) is 9.26. The number of nitrogens with one attached hydrogen (secondary N) is 1. The molecule has 1 rings (SSSR count). The predicted octanol–water partition coefficient (Wildman–Crippen LogP) is 2.98. The lowest BCUT2D eigenvalue weighted by atomic mass is 10.1. The van der Waals surface area contributed by atoms with Crippen LogP contribution in [0.2, 0.25) is 0 Å². The molecule has 84 valence electrons. The Labute approximate surface area is 90.1 Å². The Kier molecular flexibility index (Phi) is 4.56. The SMILES string of the molecule is CCCCN[C@H](C)c1cc(F)ccc1O. The Morgan fingerprint density at radius 3 is 2.87 bits per heavy atom. The lowest BCUT2D eigenvalue weighted by Gasteiger charge is -2.15. The topological polar surface area (TPSA) is 32.3 Å². The number of unbranched alkanes of at least 4 members (excludes halogenated alkanes) is 1. The standard InChI is InChI=1S/C12H18FNO/c1-3-4-7-14-9(2)11-8-10(13)5-6-12(11)15/h5-6,8-9,14-15H,3-4,7H2,1-2H3/t9-/m1/s1. The number of benzene rings is 1. The first-order valence-corrected chi connectivity index (χ1v) is 5.37. The van der Waals surface area contributed by atoms with Crippen LogP contribution in [0.1, 0.15) is 38.3 Å². The minimum Gasteiger partial charge on any atom is -0.508 e. The summed E-state index contributed by atoms with van der Waals surface area (Å²) < 4.78 is 13.0. The molecule has 1 aromatic carbocycles. The number of halogens is 1. The summed E-state index contributed by atoms with van der Waals surface area (Å²) in [6, 6.07) is 4.01. The molecule has 0 bridgehead atoms. The maximum absolute atomic E-state index is 13.0. The van der Waals surface area contributed by atoms with Crippen molar-refractivity contribution in [3.8, 4) is 5.75 Å². The molecule has 0 spiro atoms. The van der Waals surface area contributed by atoms with E-state index in [-0.39, 0.29) is 17.6 Å². The van der Waals surface area contributed by atoms with Gasteiger partial charge in [0, 0.05) is 11.6 Å². The van der Waals surface area contributed by atoms with E-state index in [4.69, 9.17) is 0 Å². The van der Waals surface area contributed by atoms with E-state index in [9.17, 15) is 9.50 Å². The Balaban J connectivity index is 2.64. The van der Waals surface area contributed by atoms with Gasteiger partial charge < -0.3 is 10.4 Å². The highest BCUT2D eigenvalue weighted by Crippen LogP contribution is 2.24. The van der Waals surface area contributed by atoms with Gasteiger partial charge in [0.15, 0.2) is 0 Å². The third kappa shape index (κ3) is 3.51. The van der Waals surface area contributed by atoms with Crippen LogP contribution in [-0.2, 0) is 0 Å². The van der Waals surface area contributed by atoms with Crippen molar-refractivity contribution < 1.29 is 9.50 Å². The summed E-state index contributed by atoms with van der Waals surface area (Å²) in [7, 11) is 0. The van der Waals surface area contributed by atoms with Gasteiger partial charge in [0.05, 0.1) is 0 Å². The van der Waals surface area contributed by atoms with Crippen LogP contribution >= 0.6 is 0 Å². The summed E-state index contributed by atoms with van der Waals surface area (Å²) in [5, 5.41) is 12.8. The van der Waals surface area contributed by atoms with Crippen molar-refractivity contribution in [3.63, 3.8) is 0 Å². The first-order chi connectivity index (χ1) is 7.15. The van der Waals surface area contributed by atoms with E-state index in [0.29, 0.717) is 5.56 Å². The van der Waals surface area contributed by atoms with Crippen molar-refractivity contribution in [3.05, 3.63) is 29.6 Å². The molecule has 0 aromatic heterocycles. The fourth-order valence-electron chi connectivity index (χ4n) is 1.48. The van der Waals surface area contributed by atoms with Crippen LogP contribution in [0.15, 0.2) is 18.2 Å². The van der Waals surface area contributed by atoms with Gasteiger partial charge in [0.25, 0.3) is 0 Å². The second-order valence-corrected chi connectivity index (χ2v) is 3.73. The third-order valence-corrected chi connectivity index (χ3v) is 2.44. The van der Waals surface area contributed by atoms with E-state index < -0.39 is 0 Å². The number of aromatic hydroxyl groups is 1. The molecule has 0 radical (unpaired) electrons. The second kappa shape index (κ2) is 5.71. The lowest BCUT2D eigenvalue weighted by molar-refractivity contribution is 0.448. The molecule has 0 aliphatic carbocycles. The largest absolute Gasteiger partial charge is 0.508 e. The zero-order chi connectivity index (χ0) is 11.3. The summed E-state index contributed by atoms with van der Waals surface area (Å²) in [6.45, 7) is 4.92. The van der Waals surface area contributed by atoms with Gasteiger partial charge in [-0.05, 0) is 38.1 Å². The van der Waals surface area contributed by atoms with E-state index in [1.165, 1.54) is 18.2 Å². The van der Waals surface area contributed by atoms with Gasteiger partial charge in [-0.25, -0.2) is 4.39 Å². The number of hydrogen-bond acceptors (Lipinski definition) is 2. The van der Waals surface area contributed by atoms with Crippen LogP contribution in [0.3, 0.4) is 0 Å². The van der Waals surface area contributed by atoms with Gasteiger partial charge in [-0.3, -0.25) is 0 Å². The molecule has 2 N–H and O–H groups in total.